The Morgan fingerprint density at radius 2 is 1.71 bits per heavy atom. The minimum absolute atomic E-state index is 0.188. The lowest BCUT2D eigenvalue weighted by Crippen LogP contribution is -2.27. The second-order valence-electron chi connectivity index (χ2n) is 6.38. The molecule has 0 radical (unpaired) electrons. The van der Waals surface area contributed by atoms with Gasteiger partial charge in [0, 0.05) is 50.9 Å². The number of nitrogens with one attached hydrogen (secondary N) is 3. The molecule has 0 saturated carbocycles. The van der Waals surface area contributed by atoms with Gasteiger partial charge >= 0.3 is 6.03 Å². The monoisotopic (exact) mass is 384 g/mol. The molecular weight excluding hydrogens is 356 g/mol. The van der Waals surface area contributed by atoms with Crippen molar-refractivity contribution in [3.63, 3.8) is 0 Å². The fraction of sp³-hybridized carbons (Fsp3) is 0.333. The Kier molecular flexibility index (Phi) is 8.30. The molecule has 2 aromatic rings. The summed E-state index contributed by atoms with van der Waals surface area (Å²) in [5, 5.41) is 8.42. The third-order valence-corrected chi connectivity index (χ3v) is 3.97. The van der Waals surface area contributed by atoms with Crippen LogP contribution in [0.5, 0.6) is 0 Å². The molecule has 0 heterocycles. The van der Waals surface area contributed by atoms with Crippen LogP contribution in [0.2, 0.25) is 0 Å². The lowest BCUT2D eigenvalue weighted by Gasteiger charge is -2.18. The largest absolute Gasteiger partial charge is 0.382 e. The quantitative estimate of drug-likeness (QED) is 0.578. The maximum atomic E-state index is 12.6. The summed E-state index contributed by atoms with van der Waals surface area (Å²) < 4.78 is 5.28. The lowest BCUT2D eigenvalue weighted by molar-refractivity contribution is 0.0944. The Morgan fingerprint density at radius 3 is 2.39 bits per heavy atom. The maximum absolute atomic E-state index is 12.6. The molecule has 2 rings (SSSR count). The zero-order chi connectivity index (χ0) is 20.4. The van der Waals surface area contributed by atoms with Gasteiger partial charge in [-0.3, -0.25) is 4.79 Å². The number of ether oxygens (including phenoxy) is 1. The molecule has 0 atom stereocenters. The first-order valence-electron chi connectivity index (χ1n) is 9.31. The summed E-state index contributed by atoms with van der Waals surface area (Å²) in [6.07, 6.45) is 0.744. The summed E-state index contributed by atoms with van der Waals surface area (Å²) in [5.41, 5.74) is 2.51. The van der Waals surface area contributed by atoms with Crippen LogP contribution in [0, 0.1) is 0 Å². The smallest absolute Gasteiger partial charge is 0.323 e. The van der Waals surface area contributed by atoms with E-state index in [1.54, 1.807) is 24.3 Å². The van der Waals surface area contributed by atoms with E-state index in [9.17, 15) is 9.59 Å². The fourth-order valence-corrected chi connectivity index (χ4v) is 2.62. The first kappa shape index (κ1) is 21.2. The average Bonchev–Trinajstić information content (AvgIpc) is 2.68. The molecule has 0 bridgehead atoms. The van der Waals surface area contributed by atoms with Crippen LogP contribution in [0.25, 0.3) is 0 Å². The molecule has 7 nitrogen and oxygen atoms in total. The molecule has 28 heavy (non-hydrogen) atoms. The molecule has 0 fully saturated rings. The van der Waals surface area contributed by atoms with Crippen molar-refractivity contribution in [2.75, 3.05) is 49.4 Å². The molecule has 0 spiro atoms. The van der Waals surface area contributed by atoms with E-state index in [4.69, 9.17) is 4.74 Å². The number of carbonyl (C=O) groups is 2. The zero-order valence-corrected chi connectivity index (χ0v) is 16.6. The number of rotatable bonds is 9. The molecule has 3 amide bonds. The van der Waals surface area contributed by atoms with Gasteiger partial charge in [-0.15, -0.1) is 0 Å². The van der Waals surface area contributed by atoms with Gasteiger partial charge < -0.3 is 25.6 Å². The van der Waals surface area contributed by atoms with Gasteiger partial charge in [0.05, 0.1) is 5.56 Å². The van der Waals surface area contributed by atoms with E-state index in [2.05, 4.69) is 16.0 Å². The van der Waals surface area contributed by atoms with Crippen molar-refractivity contribution in [2.45, 2.75) is 13.3 Å². The van der Waals surface area contributed by atoms with Gasteiger partial charge in [-0.25, -0.2) is 4.79 Å². The van der Waals surface area contributed by atoms with Crippen LogP contribution < -0.4 is 20.9 Å². The number of amides is 3. The molecule has 7 heteroatoms. The van der Waals surface area contributed by atoms with Gasteiger partial charge in [0.1, 0.15) is 0 Å². The van der Waals surface area contributed by atoms with E-state index in [1.807, 2.05) is 50.2 Å². The number of hydrogen-bond donors (Lipinski definition) is 3. The molecule has 2 aromatic carbocycles. The van der Waals surface area contributed by atoms with Crippen LogP contribution in [0.4, 0.5) is 21.9 Å². The van der Waals surface area contributed by atoms with Crippen molar-refractivity contribution in [3.05, 3.63) is 54.1 Å². The Morgan fingerprint density at radius 1 is 1.00 bits per heavy atom. The van der Waals surface area contributed by atoms with E-state index in [-0.39, 0.29) is 11.9 Å². The summed E-state index contributed by atoms with van der Waals surface area (Å²) >= 11 is 0. The van der Waals surface area contributed by atoms with Gasteiger partial charge in [-0.05, 0) is 43.7 Å². The average molecular weight is 384 g/mol. The van der Waals surface area contributed by atoms with E-state index in [0.717, 1.165) is 12.1 Å². The molecule has 3 N–H and O–H groups in total. The predicted molar refractivity (Wildman–Crippen MR) is 113 cm³/mol. The molecule has 0 unspecified atom stereocenters. The van der Waals surface area contributed by atoms with Gasteiger partial charge in [0.25, 0.3) is 5.91 Å². The highest BCUT2D eigenvalue weighted by atomic mass is 16.5. The second-order valence-corrected chi connectivity index (χ2v) is 6.38. The van der Waals surface area contributed by atoms with Crippen LogP contribution in [0.3, 0.4) is 0 Å². The molecule has 0 aliphatic carbocycles. The highest BCUT2D eigenvalue weighted by Crippen LogP contribution is 2.23. The van der Waals surface area contributed by atoms with Gasteiger partial charge in [0.2, 0.25) is 0 Å². The molecule has 0 aliphatic heterocycles. The normalized spacial score (nSPS) is 10.2. The number of nitrogens with zero attached hydrogens (tertiary/aromatic N) is 1. The summed E-state index contributed by atoms with van der Waals surface area (Å²) in [7, 11) is 3.74. The van der Waals surface area contributed by atoms with E-state index < -0.39 is 0 Å². The van der Waals surface area contributed by atoms with Crippen molar-refractivity contribution in [1.82, 2.24) is 5.32 Å². The topological polar surface area (TPSA) is 82.7 Å². The zero-order valence-electron chi connectivity index (χ0n) is 16.6. The Labute approximate surface area is 166 Å². The van der Waals surface area contributed by atoms with Crippen LogP contribution in [-0.2, 0) is 4.74 Å². The van der Waals surface area contributed by atoms with Crippen molar-refractivity contribution in [2.24, 2.45) is 0 Å². The highest BCUT2D eigenvalue weighted by Gasteiger charge is 2.14. The first-order valence-corrected chi connectivity index (χ1v) is 9.31. The number of benzene rings is 2. The minimum atomic E-state index is -0.369. The van der Waals surface area contributed by atoms with Crippen LogP contribution in [-0.4, -0.2) is 45.8 Å². The molecule has 0 aliphatic rings. The van der Waals surface area contributed by atoms with Crippen molar-refractivity contribution in [3.8, 4) is 0 Å². The first-order chi connectivity index (χ1) is 13.5. The summed E-state index contributed by atoms with van der Waals surface area (Å²) in [6.45, 7) is 3.74. The van der Waals surface area contributed by atoms with E-state index >= 15 is 0 Å². The number of para-hydroxylation sites is 1. The molecule has 150 valence electrons. The van der Waals surface area contributed by atoms with E-state index in [0.29, 0.717) is 36.7 Å². The Bertz CT molecular complexity index is 778. The predicted octanol–water partition coefficient (Wildman–Crippen LogP) is 3.55. The minimum Gasteiger partial charge on any atom is -0.382 e. The third kappa shape index (κ3) is 6.59. The van der Waals surface area contributed by atoms with Gasteiger partial charge in [0.15, 0.2) is 0 Å². The fourth-order valence-electron chi connectivity index (χ4n) is 2.62. The SMILES string of the molecule is CCOCCCNC(=O)c1cc(NC(=O)Nc2ccccc2)ccc1N(C)C. The molecule has 0 aromatic heterocycles. The van der Waals surface area contributed by atoms with Gasteiger partial charge in [-0.1, -0.05) is 18.2 Å². The molecular formula is C21H28N4O3. The van der Waals surface area contributed by atoms with Crippen LogP contribution in [0.15, 0.2) is 48.5 Å². The highest BCUT2D eigenvalue weighted by molar-refractivity contribution is 6.03. The maximum Gasteiger partial charge on any atom is 0.323 e. The third-order valence-electron chi connectivity index (χ3n) is 3.97. The van der Waals surface area contributed by atoms with Gasteiger partial charge in [-0.2, -0.15) is 0 Å². The van der Waals surface area contributed by atoms with E-state index in [1.165, 1.54) is 0 Å². The second kappa shape index (κ2) is 10.9. The van der Waals surface area contributed by atoms with Crippen molar-refractivity contribution >= 4 is 29.0 Å². The Hall–Kier alpha value is -3.06. The number of anilines is 3. The summed E-state index contributed by atoms with van der Waals surface area (Å²) in [6, 6.07) is 14.1. The van der Waals surface area contributed by atoms with Crippen LogP contribution in [0.1, 0.15) is 23.7 Å². The molecule has 0 saturated heterocycles. The summed E-state index contributed by atoms with van der Waals surface area (Å²) in [4.78, 5) is 26.7. The number of urea groups is 1. The van der Waals surface area contributed by atoms with Crippen molar-refractivity contribution in [1.29, 1.82) is 0 Å². The van der Waals surface area contributed by atoms with Crippen molar-refractivity contribution < 1.29 is 14.3 Å². The lowest BCUT2D eigenvalue weighted by atomic mass is 10.1. The Balaban J connectivity index is 2.04. The number of hydrogen-bond acceptors (Lipinski definition) is 4. The number of carbonyl (C=O) groups excluding carboxylic acids is 2. The van der Waals surface area contributed by atoms with Crippen LogP contribution >= 0.6 is 0 Å². The standard InChI is InChI=1S/C21H28N4O3/c1-4-28-14-8-13-22-20(26)18-15-17(11-12-19(18)25(2)3)24-21(27)23-16-9-6-5-7-10-16/h5-7,9-12,15H,4,8,13-14H2,1-3H3,(H,22,26)(H2,23,24,27). The summed E-state index contributed by atoms with van der Waals surface area (Å²) in [5.74, 6) is -0.188.